The number of aromatic nitrogens is 3. The van der Waals surface area contributed by atoms with Gasteiger partial charge in [0.2, 0.25) is 0 Å². The summed E-state index contributed by atoms with van der Waals surface area (Å²) in [6, 6.07) is 13.9. The number of nitriles is 1. The van der Waals surface area contributed by atoms with Gasteiger partial charge in [0.1, 0.15) is 17.6 Å². The van der Waals surface area contributed by atoms with Crippen LogP contribution in [0.2, 0.25) is 0 Å². The van der Waals surface area contributed by atoms with Crippen molar-refractivity contribution in [3.8, 4) is 16.6 Å². The molecule has 0 spiro atoms. The third-order valence-corrected chi connectivity index (χ3v) is 5.13. The van der Waals surface area contributed by atoms with Crippen LogP contribution in [0.1, 0.15) is 5.56 Å². The van der Waals surface area contributed by atoms with E-state index in [9.17, 15) is 5.26 Å². The Bertz CT molecular complexity index is 877. The van der Waals surface area contributed by atoms with Crippen molar-refractivity contribution >= 4 is 23.0 Å². The molecule has 1 aliphatic heterocycles. The molecule has 0 radical (unpaired) electrons. The summed E-state index contributed by atoms with van der Waals surface area (Å²) < 4.78 is 0. The van der Waals surface area contributed by atoms with Crippen LogP contribution in [-0.2, 0) is 0 Å². The summed E-state index contributed by atoms with van der Waals surface area (Å²) in [7, 11) is 0. The molecular weight excluding hydrogens is 332 g/mol. The molecule has 6 nitrogen and oxygen atoms in total. The van der Waals surface area contributed by atoms with Crippen LogP contribution in [0.4, 0.5) is 11.6 Å². The molecule has 1 aliphatic rings. The highest BCUT2D eigenvalue weighted by atomic mass is 32.1. The zero-order valence-electron chi connectivity index (χ0n) is 13.5. The Morgan fingerprint density at radius 1 is 0.960 bits per heavy atom. The highest BCUT2D eigenvalue weighted by Gasteiger charge is 2.21. The molecule has 3 aromatic heterocycles. The third kappa shape index (κ3) is 3.16. The molecule has 25 heavy (non-hydrogen) atoms. The van der Waals surface area contributed by atoms with Gasteiger partial charge in [0.05, 0.1) is 10.4 Å². The van der Waals surface area contributed by atoms with Gasteiger partial charge in [-0.3, -0.25) is 0 Å². The molecule has 0 aliphatic carbocycles. The van der Waals surface area contributed by atoms with E-state index in [0.717, 1.165) is 48.4 Å². The van der Waals surface area contributed by atoms with Gasteiger partial charge in [-0.1, -0.05) is 6.07 Å². The lowest BCUT2D eigenvalue weighted by atomic mass is 10.2. The molecule has 0 bridgehead atoms. The van der Waals surface area contributed by atoms with Crippen LogP contribution in [0.3, 0.4) is 0 Å². The minimum absolute atomic E-state index is 0.621. The fraction of sp³-hybridized carbons (Fsp3) is 0.222. The zero-order chi connectivity index (χ0) is 17.1. The number of hydrogen-bond acceptors (Lipinski definition) is 7. The largest absolute Gasteiger partial charge is 0.352 e. The average molecular weight is 348 g/mol. The van der Waals surface area contributed by atoms with Gasteiger partial charge in [0.25, 0.3) is 0 Å². The summed E-state index contributed by atoms with van der Waals surface area (Å²) in [5.74, 6) is 1.66. The average Bonchev–Trinajstić information content (AvgIpc) is 3.23. The van der Waals surface area contributed by atoms with Gasteiger partial charge in [0.15, 0.2) is 5.82 Å². The number of hydrogen-bond donors (Lipinski definition) is 0. The Hall–Kier alpha value is -2.98. The van der Waals surface area contributed by atoms with Crippen LogP contribution in [0, 0.1) is 11.3 Å². The number of piperazine rings is 1. The van der Waals surface area contributed by atoms with Crippen molar-refractivity contribution in [2.24, 2.45) is 0 Å². The van der Waals surface area contributed by atoms with E-state index >= 15 is 0 Å². The Morgan fingerprint density at radius 3 is 2.48 bits per heavy atom. The van der Waals surface area contributed by atoms with Gasteiger partial charge in [-0.05, 0) is 35.7 Å². The second kappa shape index (κ2) is 6.87. The molecule has 124 valence electrons. The van der Waals surface area contributed by atoms with Crippen LogP contribution in [0.25, 0.3) is 10.6 Å². The number of nitrogens with zero attached hydrogens (tertiary/aromatic N) is 6. The fourth-order valence-corrected chi connectivity index (χ4v) is 3.62. The van der Waals surface area contributed by atoms with Crippen molar-refractivity contribution in [3.63, 3.8) is 0 Å². The van der Waals surface area contributed by atoms with Crippen molar-refractivity contribution in [1.29, 1.82) is 5.26 Å². The molecule has 0 saturated carbocycles. The lowest BCUT2D eigenvalue weighted by Crippen LogP contribution is -2.47. The number of anilines is 2. The predicted octanol–water partition coefficient (Wildman–Crippen LogP) is 2.80. The van der Waals surface area contributed by atoms with Crippen LogP contribution >= 0.6 is 11.3 Å². The van der Waals surface area contributed by atoms with Gasteiger partial charge in [0, 0.05) is 32.4 Å². The highest BCUT2D eigenvalue weighted by Crippen LogP contribution is 2.24. The van der Waals surface area contributed by atoms with E-state index in [1.165, 1.54) is 0 Å². The highest BCUT2D eigenvalue weighted by molar-refractivity contribution is 7.13. The van der Waals surface area contributed by atoms with Gasteiger partial charge in [-0.25, -0.2) is 4.98 Å². The van der Waals surface area contributed by atoms with Crippen molar-refractivity contribution in [2.75, 3.05) is 36.0 Å². The molecule has 0 atom stereocenters. The Labute approximate surface area is 150 Å². The standard InChI is InChI=1S/C18H16N6S/c19-13-14-3-1-7-20-18(14)24-10-8-23(9-11-24)17-6-5-15(21-22-17)16-4-2-12-25-16/h1-7,12H,8-11H2. The minimum Gasteiger partial charge on any atom is -0.352 e. The van der Waals surface area contributed by atoms with E-state index in [2.05, 4.69) is 31.1 Å². The van der Waals surface area contributed by atoms with Gasteiger partial charge < -0.3 is 9.80 Å². The Balaban J connectivity index is 1.44. The smallest absolute Gasteiger partial charge is 0.151 e. The maximum Gasteiger partial charge on any atom is 0.151 e. The van der Waals surface area contributed by atoms with Crippen LogP contribution < -0.4 is 9.80 Å². The molecule has 4 rings (SSSR count). The normalized spacial score (nSPS) is 14.4. The Morgan fingerprint density at radius 2 is 1.80 bits per heavy atom. The van der Waals surface area contributed by atoms with Crippen molar-refractivity contribution in [2.45, 2.75) is 0 Å². The van der Waals surface area contributed by atoms with E-state index in [1.54, 1.807) is 23.6 Å². The van der Waals surface area contributed by atoms with E-state index in [0.29, 0.717) is 5.56 Å². The van der Waals surface area contributed by atoms with Crippen molar-refractivity contribution < 1.29 is 0 Å². The first-order valence-corrected chi connectivity index (χ1v) is 8.96. The minimum atomic E-state index is 0.621. The first kappa shape index (κ1) is 15.5. The quantitative estimate of drug-likeness (QED) is 0.725. The third-order valence-electron chi connectivity index (χ3n) is 4.23. The summed E-state index contributed by atoms with van der Waals surface area (Å²) in [6.07, 6.45) is 1.73. The lowest BCUT2D eigenvalue weighted by Gasteiger charge is -2.36. The van der Waals surface area contributed by atoms with Crippen molar-refractivity contribution in [1.82, 2.24) is 15.2 Å². The topological polar surface area (TPSA) is 68.9 Å². The molecular formula is C18H16N6S. The molecule has 0 unspecified atom stereocenters. The number of rotatable bonds is 3. The SMILES string of the molecule is N#Cc1cccnc1N1CCN(c2ccc(-c3cccs3)nn2)CC1. The monoisotopic (exact) mass is 348 g/mol. The second-order valence-corrected chi connectivity index (χ2v) is 6.66. The van der Waals surface area contributed by atoms with E-state index in [4.69, 9.17) is 0 Å². The van der Waals surface area contributed by atoms with Gasteiger partial charge in [-0.15, -0.1) is 21.5 Å². The number of pyridine rings is 1. The molecule has 7 heteroatoms. The summed E-state index contributed by atoms with van der Waals surface area (Å²) in [6.45, 7) is 3.27. The number of thiophene rings is 1. The molecule has 0 aromatic carbocycles. The predicted molar refractivity (Wildman–Crippen MR) is 98.7 cm³/mol. The summed E-state index contributed by atoms with van der Waals surface area (Å²) in [5.41, 5.74) is 1.53. The van der Waals surface area contributed by atoms with E-state index < -0.39 is 0 Å². The summed E-state index contributed by atoms with van der Waals surface area (Å²) in [4.78, 5) is 9.87. The first-order valence-electron chi connectivity index (χ1n) is 8.08. The van der Waals surface area contributed by atoms with E-state index in [-0.39, 0.29) is 0 Å². The van der Waals surface area contributed by atoms with Crippen molar-refractivity contribution in [3.05, 3.63) is 53.5 Å². The maximum atomic E-state index is 9.24. The van der Waals surface area contributed by atoms with Gasteiger partial charge >= 0.3 is 0 Å². The molecule has 1 fully saturated rings. The van der Waals surface area contributed by atoms with Crippen LogP contribution in [-0.4, -0.2) is 41.4 Å². The lowest BCUT2D eigenvalue weighted by molar-refractivity contribution is 0.638. The van der Waals surface area contributed by atoms with Crippen LogP contribution in [0.5, 0.6) is 0 Å². The fourth-order valence-electron chi connectivity index (χ4n) is 2.93. The Kier molecular flexibility index (Phi) is 4.27. The summed E-state index contributed by atoms with van der Waals surface area (Å²) >= 11 is 1.66. The molecule has 4 heterocycles. The van der Waals surface area contributed by atoms with E-state index in [1.807, 2.05) is 35.7 Å². The molecule has 1 saturated heterocycles. The molecule has 3 aromatic rings. The van der Waals surface area contributed by atoms with Crippen LogP contribution in [0.15, 0.2) is 48.0 Å². The summed E-state index contributed by atoms with van der Waals surface area (Å²) in [5, 5.41) is 20.0. The molecule has 0 N–H and O–H groups in total. The molecule has 0 amide bonds. The zero-order valence-corrected chi connectivity index (χ0v) is 14.4. The van der Waals surface area contributed by atoms with Gasteiger partial charge in [-0.2, -0.15) is 5.26 Å². The first-order chi connectivity index (χ1) is 12.3. The maximum absolute atomic E-state index is 9.24. The second-order valence-electron chi connectivity index (χ2n) is 5.71.